The van der Waals surface area contributed by atoms with Gasteiger partial charge < -0.3 is 0 Å². The number of hydrogen-bond acceptors (Lipinski definition) is 5. The van der Waals surface area contributed by atoms with E-state index < -0.39 is 10.2 Å². The third-order valence-corrected chi connectivity index (χ3v) is 2.46. The molecule has 0 saturated heterocycles. The molecule has 0 aliphatic heterocycles. The van der Waals surface area contributed by atoms with Crippen LogP contribution >= 0.6 is 0 Å². The van der Waals surface area contributed by atoms with Gasteiger partial charge in [0.2, 0.25) is 0 Å². The first-order chi connectivity index (χ1) is 6.64. The molecule has 0 unspecified atom stereocenters. The number of aromatic nitrogens is 4. The first-order valence-corrected chi connectivity index (χ1v) is 5.59. The van der Waals surface area contributed by atoms with Crippen molar-refractivity contribution in [3.8, 4) is 0 Å². The fraction of sp³-hybridized carbons (Fsp3) is 0.800. The van der Waals surface area contributed by atoms with Crippen molar-refractivity contribution in [1.82, 2.24) is 30.1 Å². The third kappa shape index (κ3) is 3.77. The molecule has 1 rings (SSSR count). The summed E-state index contributed by atoms with van der Waals surface area (Å²) in [5.74, 6) is 0.298. The summed E-state index contributed by atoms with van der Waals surface area (Å²) in [5.41, 5.74) is 0. The van der Waals surface area contributed by atoms with Crippen molar-refractivity contribution >= 4 is 10.2 Å². The number of nitrogens with zero attached hydrogens (tertiary/aromatic N) is 3. The lowest BCUT2D eigenvalue weighted by molar-refractivity contribution is 0.563. The van der Waals surface area contributed by atoms with E-state index in [0.29, 0.717) is 12.4 Å². The SMILES string of the molecule is CCCNS(=O)(=O)NCc1nn[nH]n1. The minimum atomic E-state index is -3.44. The molecule has 0 fully saturated rings. The molecule has 0 bridgehead atoms. The Hall–Kier alpha value is -1.06. The standard InChI is InChI=1S/C5H12N6O2S/c1-2-3-6-14(12,13)7-4-5-8-10-11-9-5/h6-7H,2-4H2,1H3,(H,8,9,10,11). The maximum atomic E-state index is 11.2. The van der Waals surface area contributed by atoms with Gasteiger partial charge in [-0.15, -0.1) is 10.2 Å². The van der Waals surface area contributed by atoms with E-state index >= 15 is 0 Å². The minimum absolute atomic E-state index is 0.0234. The molecule has 9 heteroatoms. The van der Waals surface area contributed by atoms with Crippen LogP contribution in [0, 0.1) is 0 Å². The molecule has 8 nitrogen and oxygen atoms in total. The van der Waals surface area contributed by atoms with E-state index in [1.54, 1.807) is 0 Å². The van der Waals surface area contributed by atoms with Gasteiger partial charge in [-0.05, 0) is 6.42 Å². The maximum Gasteiger partial charge on any atom is 0.277 e. The Labute approximate surface area is 81.7 Å². The fourth-order valence-corrected chi connectivity index (χ4v) is 1.60. The average molecular weight is 220 g/mol. The van der Waals surface area contributed by atoms with Crippen LogP contribution in [0.2, 0.25) is 0 Å². The van der Waals surface area contributed by atoms with Crippen LogP contribution in [0.15, 0.2) is 0 Å². The van der Waals surface area contributed by atoms with Crippen molar-refractivity contribution < 1.29 is 8.42 Å². The van der Waals surface area contributed by atoms with E-state index in [1.807, 2.05) is 6.92 Å². The van der Waals surface area contributed by atoms with Crippen LogP contribution < -0.4 is 9.44 Å². The predicted octanol–water partition coefficient (Wildman–Crippen LogP) is -1.47. The summed E-state index contributed by atoms with van der Waals surface area (Å²) in [6, 6.07) is 0. The molecule has 0 atom stereocenters. The fourth-order valence-electron chi connectivity index (χ4n) is 0.704. The van der Waals surface area contributed by atoms with Gasteiger partial charge in [0.15, 0.2) is 5.82 Å². The summed E-state index contributed by atoms with van der Waals surface area (Å²) in [7, 11) is -3.44. The van der Waals surface area contributed by atoms with Crippen molar-refractivity contribution in [2.24, 2.45) is 0 Å². The molecular weight excluding hydrogens is 208 g/mol. The molecule has 0 amide bonds. The van der Waals surface area contributed by atoms with Crippen LogP contribution in [-0.4, -0.2) is 35.6 Å². The van der Waals surface area contributed by atoms with Crippen molar-refractivity contribution in [2.45, 2.75) is 19.9 Å². The van der Waals surface area contributed by atoms with Crippen LogP contribution in [0.3, 0.4) is 0 Å². The molecule has 80 valence electrons. The summed E-state index contributed by atoms with van der Waals surface area (Å²) < 4.78 is 27.0. The topological polar surface area (TPSA) is 113 Å². The molecule has 1 aromatic heterocycles. The van der Waals surface area contributed by atoms with E-state index in [0.717, 1.165) is 6.42 Å². The molecule has 0 radical (unpaired) electrons. The Bertz CT molecular complexity index is 346. The highest BCUT2D eigenvalue weighted by Crippen LogP contribution is 1.85. The van der Waals surface area contributed by atoms with Crippen LogP contribution in [0.4, 0.5) is 0 Å². The summed E-state index contributed by atoms with van der Waals surface area (Å²) in [5, 5.41) is 12.7. The van der Waals surface area contributed by atoms with E-state index in [9.17, 15) is 8.42 Å². The van der Waals surface area contributed by atoms with Crippen molar-refractivity contribution in [3.63, 3.8) is 0 Å². The third-order valence-electron chi connectivity index (χ3n) is 1.35. The van der Waals surface area contributed by atoms with Gasteiger partial charge in [0.05, 0.1) is 6.54 Å². The van der Waals surface area contributed by atoms with Gasteiger partial charge in [-0.3, -0.25) is 0 Å². The number of rotatable bonds is 6. The second-order valence-corrected chi connectivity index (χ2v) is 4.13. The summed E-state index contributed by atoms with van der Waals surface area (Å²) in [4.78, 5) is 0. The Morgan fingerprint density at radius 3 is 2.79 bits per heavy atom. The molecular formula is C5H12N6O2S. The second-order valence-electron chi connectivity index (χ2n) is 2.55. The molecule has 0 saturated carbocycles. The zero-order valence-electron chi connectivity index (χ0n) is 7.69. The lowest BCUT2D eigenvalue weighted by Crippen LogP contribution is -2.36. The molecule has 1 aromatic rings. The minimum Gasteiger partial charge on any atom is -0.202 e. The highest BCUT2D eigenvalue weighted by molar-refractivity contribution is 7.87. The van der Waals surface area contributed by atoms with Crippen LogP contribution in [-0.2, 0) is 16.8 Å². The molecule has 0 spiro atoms. The Balaban J connectivity index is 2.37. The van der Waals surface area contributed by atoms with E-state index in [1.165, 1.54) is 0 Å². The van der Waals surface area contributed by atoms with Gasteiger partial charge in [0, 0.05) is 6.54 Å². The first kappa shape index (κ1) is 11.0. The number of tetrazole rings is 1. The highest BCUT2D eigenvalue weighted by atomic mass is 32.2. The van der Waals surface area contributed by atoms with Crippen LogP contribution in [0.5, 0.6) is 0 Å². The second kappa shape index (κ2) is 4.98. The lowest BCUT2D eigenvalue weighted by Gasteiger charge is -2.04. The molecule has 3 N–H and O–H groups in total. The van der Waals surface area contributed by atoms with Crippen molar-refractivity contribution in [1.29, 1.82) is 0 Å². The van der Waals surface area contributed by atoms with Crippen LogP contribution in [0.1, 0.15) is 19.2 Å². The maximum absolute atomic E-state index is 11.2. The molecule has 0 aliphatic carbocycles. The smallest absolute Gasteiger partial charge is 0.202 e. The highest BCUT2D eigenvalue weighted by Gasteiger charge is 2.08. The summed E-state index contributed by atoms with van der Waals surface area (Å²) in [6.07, 6.45) is 0.739. The lowest BCUT2D eigenvalue weighted by atomic mass is 10.5. The monoisotopic (exact) mass is 220 g/mol. The van der Waals surface area contributed by atoms with Gasteiger partial charge in [-0.1, -0.05) is 12.1 Å². The van der Waals surface area contributed by atoms with Crippen molar-refractivity contribution in [3.05, 3.63) is 5.82 Å². The normalized spacial score (nSPS) is 11.8. The van der Waals surface area contributed by atoms with E-state index in [2.05, 4.69) is 30.1 Å². The van der Waals surface area contributed by atoms with Gasteiger partial charge in [-0.2, -0.15) is 18.4 Å². The van der Waals surface area contributed by atoms with Gasteiger partial charge in [0.1, 0.15) is 0 Å². The van der Waals surface area contributed by atoms with Crippen LogP contribution in [0.25, 0.3) is 0 Å². The summed E-state index contributed by atoms with van der Waals surface area (Å²) >= 11 is 0. The molecule has 0 aromatic carbocycles. The Kier molecular flexibility index (Phi) is 3.92. The number of H-pyrrole nitrogens is 1. The van der Waals surface area contributed by atoms with E-state index in [4.69, 9.17) is 0 Å². The van der Waals surface area contributed by atoms with Gasteiger partial charge in [0.25, 0.3) is 10.2 Å². The number of aromatic amines is 1. The number of nitrogens with one attached hydrogen (secondary N) is 3. The average Bonchev–Trinajstić information content (AvgIpc) is 2.64. The Morgan fingerprint density at radius 2 is 2.21 bits per heavy atom. The first-order valence-electron chi connectivity index (χ1n) is 4.10. The largest absolute Gasteiger partial charge is 0.277 e. The van der Waals surface area contributed by atoms with E-state index in [-0.39, 0.29) is 6.54 Å². The van der Waals surface area contributed by atoms with Gasteiger partial charge >= 0.3 is 0 Å². The Morgan fingerprint density at radius 1 is 1.43 bits per heavy atom. The summed E-state index contributed by atoms with van der Waals surface area (Å²) in [6.45, 7) is 2.30. The zero-order chi connectivity index (χ0) is 10.4. The zero-order valence-corrected chi connectivity index (χ0v) is 8.50. The van der Waals surface area contributed by atoms with Crippen molar-refractivity contribution in [2.75, 3.05) is 6.54 Å². The molecule has 1 heterocycles. The van der Waals surface area contributed by atoms with Gasteiger partial charge in [-0.25, -0.2) is 4.72 Å². The molecule has 0 aliphatic rings. The quantitative estimate of drug-likeness (QED) is 0.542. The predicted molar refractivity (Wildman–Crippen MR) is 48.2 cm³/mol. The number of hydrogen-bond donors (Lipinski definition) is 3. The molecule has 14 heavy (non-hydrogen) atoms.